The van der Waals surface area contributed by atoms with Gasteiger partial charge in [-0.05, 0) is 24.8 Å². The van der Waals surface area contributed by atoms with Crippen LogP contribution in [0.15, 0.2) is 18.5 Å². The first-order valence-corrected chi connectivity index (χ1v) is 7.02. The lowest BCUT2D eigenvalue weighted by molar-refractivity contribution is 0.0673. The minimum Gasteiger partial charge on any atom is -0.386 e. The summed E-state index contributed by atoms with van der Waals surface area (Å²) in [4.78, 5) is 18.5. The minimum absolute atomic E-state index is 0.0888. The molecular weight excluding hydrogens is 238 g/mol. The second kappa shape index (κ2) is 6.04. The quantitative estimate of drug-likeness (QED) is 0.910. The fourth-order valence-corrected chi connectivity index (χ4v) is 2.89. The Labute approximate surface area is 115 Å². The van der Waals surface area contributed by atoms with Gasteiger partial charge in [-0.15, -0.1) is 0 Å². The fourth-order valence-electron chi connectivity index (χ4n) is 2.89. The van der Waals surface area contributed by atoms with Gasteiger partial charge in [0.2, 0.25) is 0 Å². The first-order valence-electron chi connectivity index (χ1n) is 7.02. The van der Waals surface area contributed by atoms with Crippen LogP contribution in [-0.4, -0.2) is 35.9 Å². The number of hydrogen-bond donors (Lipinski definition) is 1. The van der Waals surface area contributed by atoms with Crippen molar-refractivity contribution >= 4 is 11.6 Å². The van der Waals surface area contributed by atoms with Gasteiger partial charge >= 0.3 is 0 Å². The number of rotatable bonds is 3. The van der Waals surface area contributed by atoms with E-state index in [0.717, 1.165) is 24.4 Å². The summed E-state index contributed by atoms with van der Waals surface area (Å²) in [6.45, 7) is 2.27. The van der Waals surface area contributed by atoms with E-state index in [2.05, 4.69) is 17.2 Å². The molecule has 4 heteroatoms. The Bertz CT molecular complexity index is 447. The molecule has 0 radical (unpaired) electrons. The Morgan fingerprint density at radius 1 is 1.47 bits per heavy atom. The maximum atomic E-state index is 12.6. The van der Waals surface area contributed by atoms with Crippen LogP contribution in [0.5, 0.6) is 0 Å². The molecule has 1 aliphatic carbocycles. The van der Waals surface area contributed by atoms with E-state index in [4.69, 9.17) is 0 Å². The summed E-state index contributed by atoms with van der Waals surface area (Å²) >= 11 is 0. The maximum absolute atomic E-state index is 12.6. The van der Waals surface area contributed by atoms with Gasteiger partial charge in [0.05, 0.1) is 17.4 Å². The lowest BCUT2D eigenvalue weighted by Gasteiger charge is -2.34. The maximum Gasteiger partial charge on any atom is 0.256 e. The highest BCUT2D eigenvalue weighted by molar-refractivity contribution is 5.99. The molecule has 4 nitrogen and oxygen atoms in total. The monoisotopic (exact) mass is 261 g/mol. The minimum atomic E-state index is 0.0888. The van der Waals surface area contributed by atoms with Crippen LogP contribution in [-0.2, 0) is 0 Å². The molecule has 1 saturated carbocycles. The summed E-state index contributed by atoms with van der Waals surface area (Å²) in [7, 11) is 3.74. The van der Waals surface area contributed by atoms with Crippen molar-refractivity contribution in [1.29, 1.82) is 0 Å². The normalized spacial score (nSPS) is 22.9. The molecule has 0 aromatic carbocycles. The summed E-state index contributed by atoms with van der Waals surface area (Å²) in [6.07, 6.45) is 8.11. The molecule has 1 amide bonds. The van der Waals surface area contributed by atoms with Gasteiger partial charge < -0.3 is 10.2 Å². The first-order chi connectivity index (χ1) is 9.13. The van der Waals surface area contributed by atoms with Gasteiger partial charge in [0.25, 0.3) is 5.91 Å². The number of carbonyl (C=O) groups is 1. The van der Waals surface area contributed by atoms with Gasteiger partial charge in [-0.1, -0.05) is 19.8 Å². The zero-order valence-electron chi connectivity index (χ0n) is 12.0. The van der Waals surface area contributed by atoms with Crippen LogP contribution in [0.4, 0.5) is 5.69 Å². The van der Waals surface area contributed by atoms with Crippen LogP contribution in [0, 0.1) is 5.92 Å². The van der Waals surface area contributed by atoms with Gasteiger partial charge in [0.1, 0.15) is 0 Å². The second-order valence-electron chi connectivity index (χ2n) is 5.51. The van der Waals surface area contributed by atoms with Crippen LogP contribution in [0.3, 0.4) is 0 Å². The number of nitrogens with zero attached hydrogens (tertiary/aromatic N) is 2. The summed E-state index contributed by atoms with van der Waals surface area (Å²) < 4.78 is 0. The molecule has 2 unspecified atom stereocenters. The molecule has 19 heavy (non-hydrogen) atoms. The molecule has 0 spiro atoms. The zero-order valence-corrected chi connectivity index (χ0v) is 12.0. The largest absolute Gasteiger partial charge is 0.386 e. The summed E-state index contributed by atoms with van der Waals surface area (Å²) in [5.74, 6) is 0.807. The van der Waals surface area contributed by atoms with Gasteiger partial charge in [0, 0.05) is 26.3 Å². The Morgan fingerprint density at radius 2 is 2.26 bits per heavy atom. The van der Waals surface area contributed by atoms with Crippen molar-refractivity contribution in [2.75, 3.05) is 19.4 Å². The van der Waals surface area contributed by atoms with Gasteiger partial charge in [0.15, 0.2) is 0 Å². The molecule has 0 aliphatic heterocycles. The van der Waals surface area contributed by atoms with Crippen molar-refractivity contribution in [1.82, 2.24) is 9.88 Å². The van der Waals surface area contributed by atoms with Crippen molar-refractivity contribution in [3.63, 3.8) is 0 Å². The van der Waals surface area contributed by atoms with E-state index >= 15 is 0 Å². The molecular formula is C15H23N3O. The number of aromatic nitrogens is 1. The van der Waals surface area contributed by atoms with E-state index in [0.29, 0.717) is 11.6 Å². The van der Waals surface area contributed by atoms with Crippen molar-refractivity contribution in [2.24, 2.45) is 5.92 Å². The average Bonchev–Trinajstić information content (AvgIpc) is 2.45. The van der Waals surface area contributed by atoms with Crippen molar-refractivity contribution < 1.29 is 4.79 Å². The standard InChI is InChI=1S/C15H23N3O/c1-11-5-4-6-12(9-11)18(3)15(19)13-7-8-17-10-14(13)16-2/h7-8,10-12,16H,4-6,9H2,1-3H3. The van der Waals surface area contributed by atoms with Gasteiger partial charge in [-0.3, -0.25) is 9.78 Å². The van der Waals surface area contributed by atoms with E-state index in [9.17, 15) is 4.79 Å². The van der Waals surface area contributed by atoms with Crippen molar-refractivity contribution in [3.05, 3.63) is 24.0 Å². The van der Waals surface area contributed by atoms with E-state index in [1.165, 1.54) is 12.8 Å². The predicted molar refractivity (Wildman–Crippen MR) is 77.3 cm³/mol. The molecule has 2 rings (SSSR count). The van der Waals surface area contributed by atoms with E-state index in [1.807, 2.05) is 19.0 Å². The van der Waals surface area contributed by atoms with Crippen molar-refractivity contribution in [3.8, 4) is 0 Å². The summed E-state index contributed by atoms with van der Waals surface area (Å²) in [5.41, 5.74) is 1.50. The summed E-state index contributed by atoms with van der Waals surface area (Å²) in [6, 6.07) is 2.16. The number of amides is 1. The molecule has 1 aromatic rings. The van der Waals surface area contributed by atoms with Crippen LogP contribution in [0.2, 0.25) is 0 Å². The van der Waals surface area contributed by atoms with E-state index in [-0.39, 0.29) is 5.91 Å². The number of carbonyl (C=O) groups excluding carboxylic acids is 1. The molecule has 0 saturated heterocycles. The third kappa shape index (κ3) is 3.06. The highest BCUT2D eigenvalue weighted by Gasteiger charge is 2.26. The Morgan fingerprint density at radius 3 is 2.95 bits per heavy atom. The Hall–Kier alpha value is -1.58. The lowest BCUT2D eigenvalue weighted by atomic mass is 9.86. The molecule has 2 atom stereocenters. The summed E-state index contributed by atoms with van der Waals surface area (Å²) in [5, 5.41) is 3.03. The number of hydrogen-bond acceptors (Lipinski definition) is 3. The highest BCUT2D eigenvalue weighted by Crippen LogP contribution is 2.28. The fraction of sp³-hybridized carbons (Fsp3) is 0.600. The average molecular weight is 261 g/mol. The molecule has 1 aliphatic rings. The first kappa shape index (κ1) is 13.8. The lowest BCUT2D eigenvalue weighted by Crippen LogP contribution is -2.40. The Balaban J connectivity index is 2.14. The third-order valence-corrected chi connectivity index (χ3v) is 4.10. The van der Waals surface area contributed by atoms with E-state index in [1.54, 1.807) is 18.5 Å². The van der Waals surface area contributed by atoms with Crippen LogP contribution < -0.4 is 5.32 Å². The van der Waals surface area contributed by atoms with Crippen LogP contribution in [0.1, 0.15) is 43.0 Å². The topological polar surface area (TPSA) is 45.2 Å². The van der Waals surface area contributed by atoms with Gasteiger partial charge in [-0.2, -0.15) is 0 Å². The molecule has 0 bridgehead atoms. The van der Waals surface area contributed by atoms with Gasteiger partial charge in [-0.25, -0.2) is 0 Å². The molecule has 1 heterocycles. The smallest absolute Gasteiger partial charge is 0.256 e. The molecule has 1 aromatic heterocycles. The number of anilines is 1. The SMILES string of the molecule is CNc1cnccc1C(=O)N(C)C1CCCC(C)C1. The Kier molecular flexibility index (Phi) is 4.40. The van der Waals surface area contributed by atoms with Crippen LogP contribution >= 0.6 is 0 Å². The predicted octanol–water partition coefficient (Wildman–Crippen LogP) is 2.77. The highest BCUT2D eigenvalue weighted by atomic mass is 16.2. The van der Waals surface area contributed by atoms with Crippen molar-refractivity contribution in [2.45, 2.75) is 38.6 Å². The van der Waals surface area contributed by atoms with Crippen LogP contribution in [0.25, 0.3) is 0 Å². The number of nitrogens with one attached hydrogen (secondary N) is 1. The molecule has 104 valence electrons. The third-order valence-electron chi connectivity index (χ3n) is 4.10. The second-order valence-corrected chi connectivity index (χ2v) is 5.51. The zero-order chi connectivity index (χ0) is 13.8. The van der Waals surface area contributed by atoms with E-state index < -0.39 is 0 Å². The molecule has 1 fully saturated rings. The number of pyridine rings is 1. The molecule has 1 N–H and O–H groups in total.